The second-order valence-corrected chi connectivity index (χ2v) is 5.36. The molecule has 4 nitrogen and oxygen atoms in total. The summed E-state index contributed by atoms with van der Waals surface area (Å²) in [5, 5.41) is 8.33. The highest BCUT2D eigenvalue weighted by Crippen LogP contribution is 2.25. The van der Waals surface area contributed by atoms with Gasteiger partial charge in [0.1, 0.15) is 5.25 Å². The normalized spacial score (nSPS) is 13.8. The lowest BCUT2D eigenvalue weighted by atomic mass is 10.1. The van der Waals surface area contributed by atoms with Gasteiger partial charge in [-0.25, -0.2) is 8.42 Å². The van der Waals surface area contributed by atoms with E-state index in [1.54, 1.807) is 31.2 Å². The molecule has 15 heavy (non-hydrogen) atoms. The summed E-state index contributed by atoms with van der Waals surface area (Å²) in [5.41, 5.74) is 0.600. The standard InChI is InChI=1S/C9H12ClNO3S/c1-2-9(15(13,14)11-12)7-3-5-8(10)6-4-7/h3-6,9,11-12H,2H2,1H3. The minimum absolute atomic E-state index is 0.373. The average molecular weight is 250 g/mol. The Morgan fingerprint density at radius 1 is 1.40 bits per heavy atom. The van der Waals surface area contributed by atoms with Crippen molar-refractivity contribution in [2.75, 3.05) is 0 Å². The predicted octanol–water partition coefficient (Wildman–Crippen LogP) is 2.10. The Labute approximate surface area is 93.9 Å². The van der Waals surface area contributed by atoms with Crippen LogP contribution < -0.4 is 4.89 Å². The fraction of sp³-hybridized carbons (Fsp3) is 0.333. The molecular formula is C9H12ClNO3S. The van der Waals surface area contributed by atoms with Crippen LogP contribution in [-0.4, -0.2) is 13.6 Å². The van der Waals surface area contributed by atoms with Gasteiger partial charge in [-0.1, -0.05) is 35.5 Å². The van der Waals surface area contributed by atoms with E-state index in [1.165, 1.54) is 4.89 Å². The van der Waals surface area contributed by atoms with Crippen molar-refractivity contribution >= 4 is 21.6 Å². The summed E-state index contributed by atoms with van der Waals surface area (Å²) in [7, 11) is -3.71. The number of benzene rings is 1. The monoisotopic (exact) mass is 249 g/mol. The van der Waals surface area contributed by atoms with E-state index in [9.17, 15) is 8.42 Å². The average Bonchev–Trinajstić information content (AvgIpc) is 2.22. The predicted molar refractivity (Wildman–Crippen MR) is 58.3 cm³/mol. The summed E-state index contributed by atoms with van der Waals surface area (Å²) in [6.07, 6.45) is 0.373. The summed E-state index contributed by atoms with van der Waals surface area (Å²) in [6.45, 7) is 1.73. The van der Waals surface area contributed by atoms with E-state index < -0.39 is 15.3 Å². The third-order valence-electron chi connectivity index (χ3n) is 2.11. The van der Waals surface area contributed by atoms with Crippen molar-refractivity contribution in [2.24, 2.45) is 0 Å². The van der Waals surface area contributed by atoms with Gasteiger partial charge in [-0.3, -0.25) is 0 Å². The van der Waals surface area contributed by atoms with Gasteiger partial charge in [0.25, 0.3) is 0 Å². The molecule has 0 radical (unpaired) electrons. The molecule has 1 rings (SSSR count). The van der Waals surface area contributed by atoms with Crippen LogP contribution in [0.5, 0.6) is 0 Å². The van der Waals surface area contributed by atoms with E-state index in [2.05, 4.69) is 0 Å². The smallest absolute Gasteiger partial charge is 0.240 e. The highest BCUT2D eigenvalue weighted by atomic mass is 35.5. The zero-order valence-corrected chi connectivity index (χ0v) is 9.72. The first-order chi connectivity index (χ1) is 7.01. The molecule has 6 heteroatoms. The molecule has 0 bridgehead atoms. The fourth-order valence-corrected chi connectivity index (χ4v) is 2.58. The molecule has 0 saturated carbocycles. The summed E-state index contributed by atoms with van der Waals surface area (Å²) < 4.78 is 22.8. The van der Waals surface area contributed by atoms with E-state index >= 15 is 0 Å². The molecule has 0 spiro atoms. The molecule has 0 aromatic heterocycles. The second kappa shape index (κ2) is 4.94. The Morgan fingerprint density at radius 3 is 2.33 bits per heavy atom. The zero-order chi connectivity index (χ0) is 11.5. The third-order valence-corrected chi connectivity index (χ3v) is 3.98. The zero-order valence-electron chi connectivity index (χ0n) is 8.14. The molecule has 0 aliphatic rings. The number of halogens is 1. The Kier molecular flexibility index (Phi) is 4.10. The molecule has 1 aromatic rings. The van der Waals surface area contributed by atoms with Crippen LogP contribution in [0.25, 0.3) is 0 Å². The number of hydrogen-bond donors (Lipinski definition) is 2. The molecule has 1 unspecified atom stereocenters. The van der Waals surface area contributed by atoms with Crippen molar-refractivity contribution in [2.45, 2.75) is 18.6 Å². The SMILES string of the molecule is CCC(c1ccc(Cl)cc1)S(=O)(=O)NO. The van der Waals surface area contributed by atoms with E-state index in [1.807, 2.05) is 0 Å². The van der Waals surface area contributed by atoms with Crippen LogP contribution >= 0.6 is 11.6 Å². The number of rotatable bonds is 4. The van der Waals surface area contributed by atoms with E-state index in [4.69, 9.17) is 16.8 Å². The molecule has 0 amide bonds. The van der Waals surface area contributed by atoms with Crippen LogP contribution in [-0.2, 0) is 10.0 Å². The van der Waals surface area contributed by atoms with Gasteiger partial charge in [-0.15, -0.1) is 0 Å². The van der Waals surface area contributed by atoms with Gasteiger partial charge in [-0.2, -0.15) is 0 Å². The van der Waals surface area contributed by atoms with Crippen molar-refractivity contribution in [3.05, 3.63) is 34.9 Å². The Bertz CT molecular complexity index is 415. The Morgan fingerprint density at radius 2 is 1.93 bits per heavy atom. The molecular weight excluding hydrogens is 238 g/mol. The summed E-state index contributed by atoms with van der Waals surface area (Å²) >= 11 is 5.69. The minimum Gasteiger partial charge on any atom is -0.302 e. The van der Waals surface area contributed by atoms with Crippen molar-refractivity contribution in [1.29, 1.82) is 0 Å². The van der Waals surface area contributed by atoms with E-state index in [0.717, 1.165) is 0 Å². The molecule has 1 atom stereocenters. The number of sulfonamides is 1. The highest BCUT2D eigenvalue weighted by Gasteiger charge is 2.24. The van der Waals surface area contributed by atoms with Gasteiger partial charge in [0.15, 0.2) is 0 Å². The second-order valence-electron chi connectivity index (χ2n) is 3.08. The van der Waals surface area contributed by atoms with Crippen molar-refractivity contribution in [3.63, 3.8) is 0 Å². The van der Waals surface area contributed by atoms with Crippen LogP contribution in [0, 0.1) is 0 Å². The van der Waals surface area contributed by atoms with Crippen molar-refractivity contribution in [3.8, 4) is 0 Å². The summed E-state index contributed by atoms with van der Waals surface area (Å²) in [5.74, 6) is 0. The molecule has 0 heterocycles. The minimum atomic E-state index is -3.71. The van der Waals surface area contributed by atoms with Gasteiger partial charge in [0.05, 0.1) is 0 Å². The van der Waals surface area contributed by atoms with Crippen molar-refractivity contribution in [1.82, 2.24) is 4.89 Å². The van der Waals surface area contributed by atoms with Crippen LogP contribution in [0.15, 0.2) is 24.3 Å². The molecule has 0 aliphatic heterocycles. The fourth-order valence-electron chi connectivity index (χ4n) is 1.38. The molecule has 1 aromatic carbocycles. The van der Waals surface area contributed by atoms with Gasteiger partial charge in [0, 0.05) is 5.02 Å². The molecule has 84 valence electrons. The van der Waals surface area contributed by atoms with Crippen LogP contribution in [0.2, 0.25) is 5.02 Å². The van der Waals surface area contributed by atoms with Gasteiger partial charge in [-0.05, 0) is 24.1 Å². The first-order valence-corrected chi connectivity index (χ1v) is 6.34. The van der Waals surface area contributed by atoms with Crippen LogP contribution in [0.4, 0.5) is 0 Å². The number of hydrogen-bond acceptors (Lipinski definition) is 3. The lowest BCUT2D eigenvalue weighted by Crippen LogP contribution is -2.26. The van der Waals surface area contributed by atoms with Gasteiger partial charge >= 0.3 is 0 Å². The maximum atomic E-state index is 11.4. The molecule has 0 saturated heterocycles. The number of nitrogens with one attached hydrogen (secondary N) is 1. The van der Waals surface area contributed by atoms with Crippen LogP contribution in [0.1, 0.15) is 24.2 Å². The van der Waals surface area contributed by atoms with E-state index in [0.29, 0.717) is 17.0 Å². The van der Waals surface area contributed by atoms with E-state index in [-0.39, 0.29) is 0 Å². The van der Waals surface area contributed by atoms with Crippen molar-refractivity contribution < 1.29 is 13.6 Å². The van der Waals surface area contributed by atoms with Crippen LogP contribution in [0.3, 0.4) is 0 Å². The first kappa shape index (κ1) is 12.4. The largest absolute Gasteiger partial charge is 0.302 e. The first-order valence-electron chi connectivity index (χ1n) is 4.41. The quantitative estimate of drug-likeness (QED) is 0.803. The maximum absolute atomic E-state index is 11.4. The summed E-state index contributed by atoms with van der Waals surface area (Å²) in [6, 6.07) is 6.50. The Hall–Kier alpha value is -0.620. The van der Waals surface area contributed by atoms with Gasteiger partial charge in [0.2, 0.25) is 10.0 Å². The summed E-state index contributed by atoms with van der Waals surface area (Å²) in [4.78, 5) is 1.34. The molecule has 0 aliphatic carbocycles. The molecule has 2 N–H and O–H groups in total. The van der Waals surface area contributed by atoms with Gasteiger partial charge < -0.3 is 5.21 Å². The maximum Gasteiger partial charge on any atom is 0.240 e. The Balaban J connectivity index is 3.09. The highest BCUT2D eigenvalue weighted by molar-refractivity contribution is 7.89. The lowest BCUT2D eigenvalue weighted by Gasteiger charge is -2.14. The topological polar surface area (TPSA) is 66.4 Å². The lowest BCUT2D eigenvalue weighted by molar-refractivity contribution is 0.240. The third kappa shape index (κ3) is 2.92. The molecule has 0 fully saturated rings.